The van der Waals surface area contributed by atoms with Gasteiger partial charge in [0.25, 0.3) is 5.91 Å². The Morgan fingerprint density at radius 1 is 1.07 bits per heavy atom. The molecule has 0 bridgehead atoms. The molecule has 1 aromatic heterocycles. The Hall–Kier alpha value is -3.92. The minimum Gasteiger partial charge on any atom is -0.372 e. The van der Waals surface area contributed by atoms with Crippen LogP contribution in [-0.4, -0.2) is 29.0 Å². The number of nitrogens with one attached hydrogen (secondary N) is 2. The fourth-order valence-electron chi connectivity index (χ4n) is 2.88. The average molecular weight is 386 g/mol. The molecule has 7 nitrogen and oxygen atoms in total. The second-order valence-corrected chi connectivity index (χ2v) is 6.26. The van der Waals surface area contributed by atoms with Crippen LogP contribution in [0.1, 0.15) is 29.9 Å². The molecule has 0 radical (unpaired) electrons. The van der Waals surface area contributed by atoms with E-state index in [-0.39, 0.29) is 17.5 Å². The largest absolute Gasteiger partial charge is 0.372 e. The minimum absolute atomic E-state index is 0.242. The summed E-state index contributed by atoms with van der Waals surface area (Å²) in [7, 11) is 0. The van der Waals surface area contributed by atoms with Crippen molar-refractivity contribution in [2.45, 2.75) is 13.8 Å². The molecule has 0 spiro atoms. The van der Waals surface area contributed by atoms with E-state index in [4.69, 9.17) is 5.26 Å². The Kier molecular flexibility index (Phi) is 6.38. The van der Waals surface area contributed by atoms with Crippen LogP contribution in [0.5, 0.6) is 0 Å². The molecule has 3 aromatic rings. The fraction of sp³-hybridized carbons (Fsp3) is 0.182. The molecular weight excluding hydrogens is 364 g/mol. The number of benzene rings is 2. The molecule has 0 fully saturated rings. The topological polar surface area (TPSA) is 93.9 Å². The van der Waals surface area contributed by atoms with Crippen LogP contribution in [0.25, 0.3) is 0 Å². The average Bonchev–Trinajstić information content (AvgIpc) is 2.76. The van der Waals surface area contributed by atoms with E-state index >= 15 is 0 Å². The maximum absolute atomic E-state index is 12.6. The monoisotopic (exact) mass is 386 g/mol. The van der Waals surface area contributed by atoms with Crippen LogP contribution in [0.3, 0.4) is 0 Å². The molecule has 3 rings (SSSR count). The highest BCUT2D eigenvalue weighted by atomic mass is 16.1. The van der Waals surface area contributed by atoms with Gasteiger partial charge in [0.15, 0.2) is 0 Å². The van der Waals surface area contributed by atoms with Gasteiger partial charge in [0.2, 0.25) is 5.95 Å². The number of anilines is 4. The van der Waals surface area contributed by atoms with E-state index in [1.54, 1.807) is 30.3 Å². The second kappa shape index (κ2) is 9.33. The van der Waals surface area contributed by atoms with Crippen LogP contribution in [0, 0.1) is 11.3 Å². The van der Waals surface area contributed by atoms with Crippen molar-refractivity contribution in [3.05, 3.63) is 72.1 Å². The van der Waals surface area contributed by atoms with Crippen LogP contribution in [-0.2, 0) is 0 Å². The highest BCUT2D eigenvalue weighted by molar-refractivity contribution is 6.03. The fourth-order valence-corrected chi connectivity index (χ4v) is 2.88. The lowest BCUT2D eigenvalue weighted by Crippen LogP contribution is -2.21. The first kappa shape index (κ1) is 19.8. The number of hydrogen-bond donors (Lipinski definition) is 2. The number of rotatable bonds is 7. The van der Waals surface area contributed by atoms with Gasteiger partial charge in [-0.25, -0.2) is 9.97 Å². The van der Waals surface area contributed by atoms with Crippen molar-refractivity contribution in [3.8, 4) is 6.07 Å². The molecular formula is C22H22N6O. The predicted octanol–water partition coefficient (Wildman–Crippen LogP) is 4.19. The smallest absolute Gasteiger partial charge is 0.274 e. The molecule has 0 aliphatic heterocycles. The summed E-state index contributed by atoms with van der Waals surface area (Å²) >= 11 is 0. The van der Waals surface area contributed by atoms with E-state index in [9.17, 15) is 4.79 Å². The zero-order valence-electron chi connectivity index (χ0n) is 16.4. The summed E-state index contributed by atoms with van der Waals surface area (Å²) in [4.78, 5) is 23.2. The van der Waals surface area contributed by atoms with Crippen LogP contribution < -0.4 is 15.5 Å². The maximum atomic E-state index is 12.6. The molecule has 0 aliphatic rings. The van der Waals surface area contributed by atoms with Crippen molar-refractivity contribution in [2.75, 3.05) is 28.6 Å². The first-order chi connectivity index (χ1) is 14.1. The lowest BCUT2D eigenvalue weighted by molar-refractivity contribution is 0.102. The Morgan fingerprint density at radius 3 is 2.52 bits per heavy atom. The Balaban J connectivity index is 1.70. The van der Waals surface area contributed by atoms with Crippen molar-refractivity contribution in [1.29, 1.82) is 5.26 Å². The summed E-state index contributed by atoms with van der Waals surface area (Å²) in [5.41, 5.74) is 3.25. The number of nitriles is 1. The van der Waals surface area contributed by atoms with Gasteiger partial charge in [0.1, 0.15) is 5.69 Å². The minimum atomic E-state index is -0.322. The molecule has 0 unspecified atom stereocenters. The van der Waals surface area contributed by atoms with Crippen molar-refractivity contribution in [2.24, 2.45) is 0 Å². The third-order valence-electron chi connectivity index (χ3n) is 4.39. The van der Waals surface area contributed by atoms with Crippen molar-refractivity contribution < 1.29 is 4.79 Å². The second-order valence-electron chi connectivity index (χ2n) is 6.26. The van der Waals surface area contributed by atoms with E-state index in [1.165, 1.54) is 6.20 Å². The van der Waals surface area contributed by atoms with E-state index < -0.39 is 0 Å². The Bertz CT molecular complexity index is 1020. The molecule has 7 heteroatoms. The van der Waals surface area contributed by atoms with Gasteiger partial charge in [-0.2, -0.15) is 5.26 Å². The van der Waals surface area contributed by atoms with Gasteiger partial charge in [-0.3, -0.25) is 4.79 Å². The summed E-state index contributed by atoms with van der Waals surface area (Å²) in [5, 5.41) is 14.9. The third-order valence-corrected chi connectivity index (χ3v) is 4.39. The first-order valence-electron chi connectivity index (χ1n) is 9.39. The molecule has 1 amide bonds. The van der Waals surface area contributed by atoms with Gasteiger partial charge < -0.3 is 15.5 Å². The van der Waals surface area contributed by atoms with E-state index in [0.29, 0.717) is 16.9 Å². The number of aromatic nitrogens is 2. The number of nitrogens with zero attached hydrogens (tertiary/aromatic N) is 4. The van der Waals surface area contributed by atoms with E-state index in [2.05, 4.69) is 45.4 Å². The van der Waals surface area contributed by atoms with E-state index in [0.717, 1.165) is 18.8 Å². The van der Waals surface area contributed by atoms with Crippen molar-refractivity contribution in [1.82, 2.24) is 9.97 Å². The van der Waals surface area contributed by atoms with Crippen LogP contribution >= 0.6 is 0 Å². The standard InChI is InChI=1S/C22H22N6O/c1-3-28(4-2)19-10-8-17(9-11-19)25-21(29)20-12-13-24-22(27-20)26-18-7-5-6-16(14-18)15-23/h5-14H,3-4H2,1-2H3,(H,25,29)(H,24,26,27). The SMILES string of the molecule is CCN(CC)c1ccc(NC(=O)c2ccnc(Nc3cccc(C#N)c3)n2)cc1. The summed E-state index contributed by atoms with van der Waals surface area (Å²) in [5.74, 6) is -0.0403. The quantitative estimate of drug-likeness (QED) is 0.632. The van der Waals surface area contributed by atoms with Gasteiger partial charge in [0.05, 0.1) is 11.6 Å². The van der Waals surface area contributed by atoms with Gasteiger partial charge in [-0.15, -0.1) is 0 Å². The maximum Gasteiger partial charge on any atom is 0.274 e. The Morgan fingerprint density at radius 2 is 1.83 bits per heavy atom. The van der Waals surface area contributed by atoms with Crippen LogP contribution in [0.2, 0.25) is 0 Å². The molecule has 2 aromatic carbocycles. The molecule has 29 heavy (non-hydrogen) atoms. The normalized spacial score (nSPS) is 10.1. The summed E-state index contributed by atoms with van der Waals surface area (Å²) in [6.45, 7) is 6.07. The van der Waals surface area contributed by atoms with Gasteiger partial charge in [-0.05, 0) is 62.4 Å². The van der Waals surface area contributed by atoms with Gasteiger partial charge >= 0.3 is 0 Å². The van der Waals surface area contributed by atoms with Crippen molar-refractivity contribution in [3.63, 3.8) is 0 Å². The molecule has 146 valence electrons. The van der Waals surface area contributed by atoms with Crippen LogP contribution in [0.4, 0.5) is 23.0 Å². The summed E-state index contributed by atoms with van der Waals surface area (Å²) in [6.07, 6.45) is 1.52. The summed E-state index contributed by atoms with van der Waals surface area (Å²) in [6, 6.07) is 18.3. The molecule has 0 saturated carbocycles. The molecule has 0 atom stereocenters. The number of amides is 1. The highest BCUT2D eigenvalue weighted by Crippen LogP contribution is 2.19. The van der Waals surface area contributed by atoms with Crippen LogP contribution in [0.15, 0.2) is 60.8 Å². The summed E-state index contributed by atoms with van der Waals surface area (Å²) < 4.78 is 0. The molecule has 0 aliphatic carbocycles. The van der Waals surface area contributed by atoms with Gasteiger partial charge in [-0.1, -0.05) is 6.07 Å². The lowest BCUT2D eigenvalue weighted by Gasteiger charge is -2.21. The zero-order chi connectivity index (χ0) is 20.6. The molecule has 0 saturated heterocycles. The number of carbonyl (C=O) groups is 1. The van der Waals surface area contributed by atoms with Crippen molar-refractivity contribution >= 4 is 28.9 Å². The lowest BCUT2D eigenvalue weighted by atomic mass is 10.2. The third kappa shape index (κ3) is 5.08. The zero-order valence-corrected chi connectivity index (χ0v) is 16.4. The Labute approximate surface area is 170 Å². The van der Waals surface area contributed by atoms with Gasteiger partial charge in [0, 0.05) is 36.3 Å². The number of carbonyl (C=O) groups excluding carboxylic acids is 1. The molecule has 2 N–H and O–H groups in total. The predicted molar refractivity (Wildman–Crippen MR) is 114 cm³/mol. The highest BCUT2D eigenvalue weighted by Gasteiger charge is 2.10. The first-order valence-corrected chi connectivity index (χ1v) is 9.39. The molecule has 1 heterocycles. The van der Waals surface area contributed by atoms with E-state index in [1.807, 2.05) is 24.3 Å². The number of hydrogen-bond acceptors (Lipinski definition) is 6.